The molecule has 0 spiro atoms. The molecule has 12 heavy (non-hydrogen) atoms. The van der Waals surface area contributed by atoms with Crippen LogP contribution in [0.5, 0.6) is 0 Å². The van der Waals surface area contributed by atoms with Crippen LogP contribution in [0.3, 0.4) is 0 Å². The molecule has 0 unspecified atom stereocenters. The summed E-state index contributed by atoms with van der Waals surface area (Å²) in [6, 6.07) is 2.05. The van der Waals surface area contributed by atoms with Crippen molar-refractivity contribution in [1.82, 2.24) is 0 Å². The fraction of sp³-hybridized carbons (Fsp3) is 0.750. The van der Waals surface area contributed by atoms with Crippen LogP contribution in [0.15, 0.2) is 0 Å². The Labute approximate surface area is 83.4 Å². The van der Waals surface area contributed by atoms with E-state index < -0.39 is 11.4 Å². The summed E-state index contributed by atoms with van der Waals surface area (Å²) in [7, 11) is 0. The molecule has 0 aromatic carbocycles. The average Bonchev–Trinajstić information content (AvgIpc) is 1.88. The predicted octanol–water partition coefficient (Wildman–Crippen LogP) is 1.98. The summed E-state index contributed by atoms with van der Waals surface area (Å²) in [5, 5.41) is 17.2. The zero-order chi connectivity index (χ0) is 10.2. The second-order valence-corrected chi connectivity index (χ2v) is 4.80. The van der Waals surface area contributed by atoms with Crippen molar-refractivity contribution >= 4 is 5.97 Å². The molecule has 4 heteroatoms. The number of hydrogen-bond donors (Lipinski definition) is 1. The monoisotopic (exact) mass is 220 g/mol. The molecule has 0 saturated heterocycles. The van der Waals surface area contributed by atoms with Crippen molar-refractivity contribution in [3.05, 3.63) is 0 Å². The van der Waals surface area contributed by atoms with Crippen LogP contribution in [0.1, 0.15) is 27.2 Å². The maximum atomic E-state index is 10.0. The molecule has 0 amide bonds. The van der Waals surface area contributed by atoms with Crippen LogP contribution in [-0.2, 0) is 23.1 Å². The van der Waals surface area contributed by atoms with Gasteiger partial charge in [0.05, 0.1) is 5.41 Å². The molecular formula is C8H14NO2Zn. The van der Waals surface area contributed by atoms with Crippen molar-refractivity contribution in [1.29, 1.82) is 5.26 Å². The van der Waals surface area contributed by atoms with Crippen LogP contribution in [0.25, 0.3) is 0 Å². The third kappa shape index (κ3) is 12.3. The van der Waals surface area contributed by atoms with Crippen LogP contribution in [0.2, 0.25) is 5.02 Å². The molecule has 1 N–H and O–H groups in total. The van der Waals surface area contributed by atoms with Crippen molar-refractivity contribution in [2.24, 2.45) is 5.41 Å². The van der Waals surface area contributed by atoms with Crippen LogP contribution >= 0.6 is 0 Å². The third-order valence-corrected chi connectivity index (χ3v) is 1.67. The number of carboxylic acid groups (broad SMARTS) is 1. The Morgan fingerprint density at radius 1 is 1.58 bits per heavy atom. The Kier molecular flexibility index (Phi) is 8.53. The van der Waals surface area contributed by atoms with E-state index in [0.717, 1.165) is 11.4 Å². The van der Waals surface area contributed by atoms with Gasteiger partial charge in [0.25, 0.3) is 0 Å². The maximum absolute atomic E-state index is 10.0. The summed E-state index contributed by atoms with van der Waals surface area (Å²) >= 11 is 1.26. The summed E-state index contributed by atoms with van der Waals surface area (Å²) in [6.07, 6.45) is 0.750. The minimum absolute atomic E-state index is 0.583. The first-order chi connectivity index (χ1) is 5.36. The minimum atomic E-state index is -0.757. The predicted molar refractivity (Wildman–Crippen MR) is 42.1 cm³/mol. The number of aliphatic carboxylic acids is 1. The van der Waals surface area contributed by atoms with Crippen molar-refractivity contribution in [3.8, 4) is 6.07 Å². The SMILES string of the molecule is CC(C)(C)C(=O)O.N#CC[CH2][Zn]. The van der Waals surface area contributed by atoms with Gasteiger partial charge in [0.2, 0.25) is 0 Å². The summed E-state index contributed by atoms with van der Waals surface area (Å²) in [5.74, 6) is -0.757. The van der Waals surface area contributed by atoms with Gasteiger partial charge in [0, 0.05) is 0 Å². The van der Waals surface area contributed by atoms with Gasteiger partial charge in [-0.1, -0.05) is 0 Å². The standard InChI is InChI=1S/C5H10O2.C3H4N.Zn/c1-5(2,3)4(6)7;1-2-3-4;/h1-3H3,(H,6,7);1-2H2;. The molecule has 0 aliphatic rings. The van der Waals surface area contributed by atoms with E-state index in [1.54, 1.807) is 20.8 Å². The Morgan fingerprint density at radius 3 is 1.92 bits per heavy atom. The second kappa shape index (κ2) is 7.24. The molecule has 0 radical (unpaired) electrons. The Bertz CT molecular complexity index is 167. The topological polar surface area (TPSA) is 61.1 Å². The van der Waals surface area contributed by atoms with E-state index in [1.807, 2.05) is 6.07 Å². The quantitative estimate of drug-likeness (QED) is 0.689. The van der Waals surface area contributed by atoms with Crippen LogP contribution in [0.4, 0.5) is 0 Å². The Balaban J connectivity index is 0. The number of nitriles is 1. The van der Waals surface area contributed by atoms with Crippen LogP contribution in [-0.4, -0.2) is 11.1 Å². The van der Waals surface area contributed by atoms with E-state index in [0.29, 0.717) is 0 Å². The molecule has 3 nitrogen and oxygen atoms in total. The van der Waals surface area contributed by atoms with Crippen LogP contribution < -0.4 is 0 Å². The van der Waals surface area contributed by atoms with Crippen molar-refractivity contribution < 1.29 is 28.2 Å². The van der Waals surface area contributed by atoms with E-state index in [4.69, 9.17) is 10.4 Å². The average molecular weight is 222 g/mol. The Morgan fingerprint density at radius 2 is 1.92 bits per heavy atom. The van der Waals surface area contributed by atoms with Crippen molar-refractivity contribution in [2.45, 2.75) is 32.2 Å². The fourth-order valence-corrected chi connectivity index (χ4v) is 0.411. The number of nitrogens with zero attached hydrogens (tertiary/aromatic N) is 1. The molecule has 0 atom stereocenters. The first-order valence-corrected chi connectivity index (χ1v) is 5.85. The van der Waals surface area contributed by atoms with Gasteiger partial charge in [-0.15, -0.1) is 0 Å². The molecule has 0 aliphatic heterocycles. The van der Waals surface area contributed by atoms with Gasteiger partial charge in [0.15, 0.2) is 0 Å². The van der Waals surface area contributed by atoms with Crippen LogP contribution in [0, 0.1) is 16.7 Å². The summed E-state index contributed by atoms with van der Waals surface area (Å²) < 4.78 is 0. The third-order valence-electron chi connectivity index (χ3n) is 0.930. The second-order valence-electron chi connectivity index (χ2n) is 3.32. The van der Waals surface area contributed by atoms with Gasteiger partial charge in [-0.3, -0.25) is 4.79 Å². The zero-order valence-electron chi connectivity index (χ0n) is 7.92. The van der Waals surface area contributed by atoms with Gasteiger partial charge < -0.3 is 5.11 Å². The fourth-order valence-electron chi connectivity index (χ4n) is 0.0791. The molecule has 0 aromatic rings. The summed E-state index contributed by atoms with van der Waals surface area (Å²) in [6.45, 7) is 4.99. The van der Waals surface area contributed by atoms with Gasteiger partial charge in [-0.25, -0.2) is 0 Å². The van der Waals surface area contributed by atoms with E-state index in [9.17, 15) is 4.79 Å². The van der Waals surface area contributed by atoms with Crippen molar-refractivity contribution in [3.63, 3.8) is 0 Å². The molecule has 0 saturated carbocycles. The Hall–Kier alpha value is -0.417. The molecule has 0 heterocycles. The molecule has 0 aliphatic carbocycles. The van der Waals surface area contributed by atoms with Gasteiger partial charge in [-0.05, 0) is 20.8 Å². The van der Waals surface area contributed by atoms with E-state index >= 15 is 0 Å². The number of rotatable bonds is 1. The molecule has 0 rings (SSSR count). The summed E-state index contributed by atoms with van der Waals surface area (Å²) in [4.78, 5) is 10.0. The molecule has 0 aromatic heterocycles. The summed E-state index contributed by atoms with van der Waals surface area (Å²) in [5.41, 5.74) is -0.583. The van der Waals surface area contributed by atoms with E-state index in [1.165, 1.54) is 18.3 Å². The molecule has 0 bridgehead atoms. The number of carboxylic acids is 1. The van der Waals surface area contributed by atoms with E-state index in [-0.39, 0.29) is 0 Å². The normalized spacial score (nSPS) is 9.33. The molecule has 65 valence electrons. The van der Waals surface area contributed by atoms with Crippen molar-refractivity contribution in [2.75, 3.05) is 0 Å². The van der Waals surface area contributed by atoms with Gasteiger partial charge in [-0.2, -0.15) is 0 Å². The van der Waals surface area contributed by atoms with Gasteiger partial charge >= 0.3 is 47.0 Å². The van der Waals surface area contributed by atoms with Gasteiger partial charge in [0.1, 0.15) is 0 Å². The first kappa shape index (κ1) is 14.1. The van der Waals surface area contributed by atoms with E-state index in [2.05, 4.69) is 0 Å². The first-order valence-electron chi connectivity index (χ1n) is 3.75. The molecular weight excluding hydrogens is 207 g/mol. The molecule has 0 fully saturated rings. The number of carbonyl (C=O) groups is 1. The number of hydrogen-bond acceptors (Lipinski definition) is 2. The zero-order valence-corrected chi connectivity index (χ0v) is 10.9.